The number of halogens is 1. The van der Waals surface area contributed by atoms with E-state index in [2.05, 4.69) is 74.4 Å². The summed E-state index contributed by atoms with van der Waals surface area (Å²) in [5.74, 6) is -19.7. The van der Waals surface area contributed by atoms with Gasteiger partial charge in [-0.3, -0.25) is 77.9 Å². The number of carbonyl (C=O) groups is 15. The highest BCUT2D eigenvalue weighted by Crippen LogP contribution is 2.39. The molecule has 0 aromatic heterocycles. The number of nitrogens with two attached hydrogens (primary N) is 5. The maximum absolute atomic E-state index is 15.4. The van der Waals surface area contributed by atoms with Crippen molar-refractivity contribution < 1.29 is 97.5 Å². The smallest absolute Gasteiger partial charge is 0.326 e. The van der Waals surface area contributed by atoms with Crippen LogP contribution in [0.15, 0.2) is 42.5 Å². The lowest BCUT2D eigenvalue weighted by molar-refractivity contribution is -0.146. The van der Waals surface area contributed by atoms with E-state index in [1.54, 1.807) is 0 Å². The van der Waals surface area contributed by atoms with E-state index >= 15 is 38.4 Å². The Morgan fingerprint density at radius 3 is 1.79 bits per heavy atom. The van der Waals surface area contributed by atoms with Gasteiger partial charge in [-0.25, -0.2) is 4.79 Å². The van der Waals surface area contributed by atoms with E-state index in [0.717, 1.165) is 55.0 Å². The van der Waals surface area contributed by atoms with Crippen LogP contribution in [0, 0.1) is 14.4 Å². The van der Waals surface area contributed by atoms with Gasteiger partial charge in [0.15, 0.2) is 11.9 Å². The van der Waals surface area contributed by atoms with Gasteiger partial charge < -0.3 is 134 Å². The summed E-state index contributed by atoms with van der Waals surface area (Å²) in [4.78, 5) is 220. The summed E-state index contributed by atoms with van der Waals surface area (Å²) in [6.07, 6.45) is -4.30. The van der Waals surface area contributed by atoms with Crippen molar-refractivity contribution in [2.75, 3.05) is 56.5 Å². The van der Waals surface area contributed by atoms with E-state index in [-0.39, 0.29) is 115 Å². The van der Waals surface area contributed by atoms with Crippen LogP contribution < -0.4 is 103 Å². The summed E-state index contributed by atoms with van der Waals surface area (Å²) in [6.45, 7) is 2.96. The minimum Gasteiger partial charge on any atom is -0.508 e. The zero-order chi connectivity index (χ0) is 87.5. The quantitative estimate of drug-likeness (QED) is 0.0114. The van der Waals surface area contributed by atoms with Gasteiger partial charge >= 0.3 is 11.9 Å². The second-order valence-electron chi connectivity index (χ2n) is 28.7. The number of aliphatic hydroxyl groups excluding tert-OH is 1. The third-order valence-electron chi connectivity index (χ3n) is 18.7. The number of hydrogen-bond donors (Lipinski definition) is 26. The molecule has 0 unspecified atom stereocenters. The van der Waals surface area contributed by atoms with E-state index in [4.69, 9.17) is 39.5 Å². The van der Waals surface area contributed by atoms with Crippen molar-refractivity contribution in [3.05, 3.63) is 57.2 Å². The van der Waals surface area contributed by atoms with Gasteiger partial charge in [-0.05, 0) is 169 Å². The zero-order valence-electron chi connectivity index (χ0n) is 65.3. The molecule has 2 bridgehead atoms. The Kier molecular flexibility index (Phi) is 41.9. The SMILES string of the molecule is C[C@@H](O)[C@@H]1NC(=O)[C@H]2NC(=O)[C@H](NC(=O)CN)CSSC[C@H](NC(=O)[C@H](CCCNC(=N)N)NC(=O)[C@@H]3CCCN3C(=O)[C@H](CC(=O)O)NC1=O)C(=O)N[C@@H](CCCNC(=N)N)C(=O)N[C@@H](Cc1ccc(O)c(I)c1)C(=O)N[C@@H](CCCN)C(=O)N[C@H](C(=O)N[C@H](CC(=O)N[C@@H](CCCCN)C(=O)O)Cc1ccc(O)cc1)CSSC2(C)C. The summed E-state index contributed by atoms with van der Waals surface area (Å²) < 4.78 is -1.45. The van der Waals surface area contributed by atoms with Crippen LogP contribution in [-0.2, 0) is 84.8 Å². The molecule has 47 heteroatoms. The van der Waals surface area contributed by atoms with Crippen LogP contribution in [0.5, 0.6) is 11.5 Å². The van der Waals surface area contributed by atoms with Crippen LogP contribution in [0.4, 0.5) is 0 Å². The van der Waals surface area contributed by atoms with Crippen molar-refractivity contribution in [2.45, 2.75) is 206 Å². The van der Waals surface area contributed by atoms with Gasteiger partial charge in [0, 0.05) is 60.5 Å². The highest BCUT2D eigenvalue weighted by molar-refractivity contribution is 14.1. The molecule has 3 aliphatic heterocycles. The average molecular weight is 1850 g/mol. The highest BCUT2D eigenvalue weighted by Gasteiger charge is 2.45. The number of carbonyl (C=O) groups excluding carboxylic acids is 13. The van der Waals surface area contributed by atoms with Crippen LogP contribution in [0.1, 0.15) is 115 Å². The molecule has 14 atom stereocenters. The third-order valence-corrected chi connectivity index (χ3v) is 25.3. The topological polar surface area (TPSA) is 707 Å². The van der Waals surface area contributed by atoms with Crippen LogP contribution in [-0.4, -0.2) is 277 Å². The van der Waals surface area contributed by atoms with Gasteiger partial charge in [0.1, 0.15) is 84.0 Å². The highest BCUT2D eigenvalue weighted by atomic mass is 127. The summed E-state index contributed by atoms with van der Waals surface area (Å²) in [5, 5.41) is 104. The summed E-state index contributed by atoms with van der Waals surface area (Å²) >= 11 is 1.83. The molecule has 3 aliphatic rings. The van der Waals surface area contributed by atoms with Gasteiger partial charge in [0.2, 0.25) is 76.8 Å². The molecule has 2 aromatic carbocycles. The molecular formula is C71H109IN22O20S4. The first-order valence-corrected chi connectivity index (χ1v) is 43.9. The molecular weight excluding hydrogens is 1740 g/mol. The number of amides is 13. The predicted molar refractivity (Wildman–Crippen MR) is 448 cm³/mol. The second kappa shape index (κ2) is 49.9. The molecule has 3 heterocycles. The molecule has 31 N–H and O–H groups in total. The Hall–Kier alpha value is -9.40. The van der Waals surface area contributed by atoms with E-state index in [1.807, 2.05) is 22.6 Å². The molecule has 3 saturated heterocycles. The van der Waals surface area contributed by atoms with Gasteiger partial charge in [-0.2, -0.15) is 0 Å². The normalized spacial score (nSPS) is 23.9. The fraction of sp³-hybridized carbons (Fsp3) is 0.592. The molecule has 42 nitrogen and oxygen atoms in total. The number of carboxylic acids is 2. The number of benzene rings is 2. The molecule has 2 aromatic rings. The van der Waals surface area contributed by atoms with Crippen molar-refractivity contribution in [2.24, 2.45) is 28.7 Å². The van der Waals surface area contributed by atoms with Crippen molar-refractivity contribution in [3.63, 3.8) is 0 Å². The Labute approximate surface area is 709 Å². The fourth-order valence-electron chi connectivity index (χ4n) is 12.5. The van der Waals surface area contributed by atoms with Crippen molar-refractivity contribution in [3.8, 4) is 11.5 Å². The molecule has 3 fully saturated rings. The van der Waals surface area contributed by atoms with Crippen molar-refractivity contribution in [1.29, 1.82) is 10.8 Å². The number of rotatable bonds is 30. The monoisotopic (exact) mass is 1840 g/mol. The lowest BCUT2D eigenvalue weighted by atomic mass is 10.00. The first-order chi connectivity index (χ1) is 55.8. The molecule has 13 amide bonds. The Bertz CT molecular complexity index is 3880. The van der Waals surface area contributed by atoms with E-state index in [9.17, 15) is 59.1 Å². The summed E-state index contributed by atoms with van der Waals surface area (Å²) in [7, 11) is 3.20. The van der Waals surface area contributed by atoms with E-state index < -0.39 is 227 Å². The molecule has 0 aliphatic carbocycles. The number of phenols is 2. The number of guanidine groups is 2. The van der Waals surface area contributed by atoms with Crippen LogP contribution >= 0.6 is 65.8 Å². The number of phenolic OH excluding ortho intramolecular Hbond substituents is 2. The van der Waals surface area contributed by atoms with Gasteiger partial charge in [-0.15, -0.1) is 0 Å². The number of hydrogen-bond acceptors (Lipinski definition) is 27. The van der Waals surface area contributed by atoms with Crippen LogP contribution in [0.25, 0.3) is 0 Å². The third kappa shape index (κ3) is 33.4. The standard InChI is InChI=1S/C71H109IN22O20S4/c1-35(95)55-65(110)89-46(30-54(100)101)67(112)94-25-9-14-50(94)64(109)87-43(13-8-24-81-70(78)79)59(104)90-48-33-116-115-32-47(84-53(99)31-75)63(108)93-56(66(111)92-55)71(2,3)118-117-34-49(61(106)82-38(26-36-15-18-39(96)19-16-36)29-52(98)83-44(68(113)114)10-4-5-21-73)91-58(103)41(11-6-22-74)85-60(105)45(28-37-17-20-51(97)40(72)27-37)88-57(102)42(86-62(48)107)12-7-23-80-69(76)77/h15-20,27,35,38,41-50,55-56,95-97H,4-14,21-26,28-34,73-75H2,1-3H3,(H,82,106)(H,83,98)(H,84,99)(H,85,105)(H,86,107)(H,87,109)(H,88,102)(H,89,110)(H,90,104)(H,91,103)(H,92,111)(H,93,108)(H,100,101)(H,113,114)(H4,76,77,80)(H4,78,79,81)/t35-,38+,41+,42+,43+,44+,45+,46+,47-,48+,49+,50+,55+,56-/m1/s1. The van der Waals surface area contributed by atoms with Crippen molar-refractivity contribution >= 4 is 166 Å². The van der Waals surface area contributed by atoms with E-state index in [1.165, 1.54) is 56.3 Å². The fourth-order valence-corrected chi connectivity index (χ4v) is 18.2. The number of nitrogens with zero attached hydrogens (tertiary/aromatic N) is 1. The van der Waals surface area contributed by atoms with Gasteiger partial charge in [0.25, 0.3) is 0 Å². The minimum absolute atomic E-state index is 0.0113. The number of carboxylic acid groups (broad SMARTS) is 2. The zero-order valence-corrected chi connectivity index (χ0v) is 70.7. The second-order valence-corrected chi connectivity index (χ2v) is 35.4. The number of aliphatic hydroxyl groups is 1. The molecule has 118 heavy (non-hydrogen) atoms. The van der Waals surface area contributed by atoms with Crippen LogP contribution in [0.3, 0.4) is 0 Å². The van der Waals surface area contributed by atoms with Crippen LogP contribution in [0.2, 0.25) is 0 Å². The molecule has 0 radical (unpaired) electrons. The number of fused-ring (bicyclic) bond motifs is 9. The predicted octanol–water partition coefficient (Wildman–Crippen LogP) is -5.45. The first kappa shape index (κ1) is 99.2. The molecule has 654 valence electrons. The molecule has 0 saturated carbocycles. The largest absolute Gasteiger partial charge is 0.508 e. The van der Waals surface area contributed by atoms with Gasteiger partial charge in [0.05, 0.1) is 22.6 Å². The maximum Gasteiger partial charge on any atom is 0.326 e. The Morgan fingerprint density at radius 1 is 0.627 bits per heavy atom. The summed E-state index contributed by atoms with van der Waals surface area (Å²) in [6, 6.07) is -12.1. The Balaban J connectivity index is 1.82. The maximum atomic E-state index is 15.4. The first-order valence-electron chi connectivity index (χ1n) is 38.0. The lowest BCUT2D eigenvalue weighted by Crippen LogP contribution is -2.64. The summed E-state index contributed by atoms with van der Waals surface area (Å²) in [5.41, 5.74) is 29.5. The van der Waals surface area contributed by atoms with E-state index in [0.29, 0.717) is 27.5 Å². The average Bonchev–Trinajstić information content (AvgIpc) is 1.49. The molecule has 0 spiro atoms. The molecule has 5 rings (SSSR count). The number of aromatic hydroxyl groups is 2. The minimum atomic E-state index is -2.10. The number of aliphatic carboxylic acids is 2. The lowest BCUT2D eigenvalue weighted by Gasteiger charge is -2.35. The number of unbranched alkanes of at least 4 members (excludes halogenated alkanes) is 1. The van der Waals surface area contributed by atoms with Gasteiger partial charge in [-0.1, -0.05) is 61.4 Å². The number of nitrogens with one attached hydrogen (secondary N) is 16. The van der Waals surface area contributed by atoms with Crippen molar-refractivity contribution in [1.82, 2.24) is 79.3 Å². The Morgan fingerprint density at radius 2 is 1.19 bits per heavy atom.